The van der Waals surface area contributed by atoms with Gasteiger partial charge in [-0.2, -0.15) is 0 Å². The number of anilines is 2. The lowest BCUT2D eigenvalue weighted by Gasteiger charge is -2.13. The number of para-hydroxylation sites is 1. The Morgan fingerprint density at radius 2 is 1.43 bits per heavy atom. The minimum Gasteiger partial charge on any atom is -0.322 e. The molecule has 5 nitrogen and oxygen atoms in total. The molecule has 136 valence electrons. The monoisotopic (exact) mass is 367 g/mol. The average Bonchev–Trinajstić information content (AvgIpc) is 2.74. The number of rotatable bonds is 4. The Hall–Kier alpha value is -3.99. The van der Waals surface area contributed by atoms with Crippen LogP contribution in [0.25, 0.3) is 10.9 Å². The Balaban J connectivity index is 1.72. The number of carbonyl (C=O) groups is 2. The van der Waals surface area contributed by atoms with E-state index in [1.807, 2.05) is 36.4 Å². The second-order valence-corrected chi connectivity index (χ2v) is 6.23. The van der Waals surface area contributed by atoms with Crippen molar-refractivity contribution in [3.05, 3.63) is 102 Å². The molecule has 0 saturated carbocycles. The van der Waals surface area contributed by atoms with Crippen LogP contribution in [0.1, 0.15) is 20.7 Å². The summed E-state index contributed by atoms with van der Waals surface area (Å²) in [5.74, 6) is -0.597. The smallest absolute Gasteiger partial charge is 0.257 e. The molecule has 1 heterocycles. The summed E-state index contributed by atoms with van der Waals surface area (Å²) in [6.45, 7) is 0. The first-order valence-corrected chi connectivity index (χ1v) is 8.82. The Bertz CT molecular complexity index is 1140. The molecule has 0 saturated heterocycles. The molecule has 0 bridgehead atoms. The number of nitrogens with one attached hydrogen (secondary N) is 2. The Morgan fingerprint density at radius 3 is 2.18 bits per heavy atom. The van der Waals surface area contributed by atoms with E-state index in [-0.39, 0.29) is 11.8 Å². The first kappa shape index (κ1) is 17.4. The lowest BCUT2D eigenvalue weighted by Crippen LogP contribution is -2.18. The number of pyridine rings is 1. The summed E-state index contributed by atoms with van der Waals surface area (Å²) >= 11 is 0. The molecule has 4 aromatic rings. The number of carbonyl (C=O) groups excluding carboxylic acids is 2. The van der Waals surface area contributed by atoms with Gasteiger partial charge in [0.15, 0.2) is 0 Å². The highest BCUT2D eigenvalue weighted by Gasteiger charge is 2.16. The molecule has 0 radical (unpaired) electrons. The highest BCUT2D eigenvalue weighted by Crippen LogP contribution is 2.25. The summed E-state index contributed by atoms with van der Waals surface area (Å²) < 4.78 is 0. The van der Waals surface area contributed by atoms with Gasteiger partial charge in [-0.1, -0.05) is 42.5 Å². The quantitative estimate of drug-likeness (QED) is 0.547. The molecule has 0 fully saturated rings. The molecule has 28 heavy (non-hydrogen) atoms. The SMILES string of the molecule is O=C(Nc1cc2cccnc2cc1C(=O)Nc1ccccc1)c1ccccc1. The van der Waals surface area contributed by atoms with Crippen LogP contribution in [-0.2, 0) is 0 Å². The second kappa shape index (κ2) is 7.72. The van der Waals surface area contributed by atoms with Gasteiger partial charge in [0, 0.05) is 22.8 Å². The van der Waals surface area contributed by atoms with Crippen molar-refractivity contribution >= 4 is 34.1 Å². The fourth-order valence-corrected chi connectivity index (χ4v) is 2.92. The standard InChI is InChI=1S/C23H17N3O2/c27-22(16-8-3-1-4-9-16)26-21-14-17-10-7-13-24-20(17)15-19(21)23(28)25-18-11-5-2-6-12-18/h1-15H,(H,25,28)(H,26,27). The van der Waals surface area contributed by atoms with Crippen molar-refractivity contribution in [2.24, 2.45) is 0 Å². The normalized spacial score (nSPS) is 10.4. The zero-order chi connectivity index (χ0) is 19.3. The molecule has 0 unspecified atom stereocenters. The highest BCUT2D eigenvalue weighted by atomic mass is 16.2. The predicted octanol–water partition coefficient (Wildman–Crippen LogP) is 4.74. The number of nitrogens with zero attached hydrogens (tertiary/aromatic N) is 1. The van der Waals surface area contributed by atoms with E-state index in [2.05, 4.69) is 15.6 Å². The van der Waals surface area contributed by atoms with Crippen molar-refractivity contribution in [1.29, 1.82) is 0 Å². The summed E-state index contributed by atoms with van der Waals surface area (Å²) in [6, 6.07) is 25.2. The van der Waals surface area contributed by atoms with E-state index in [1.165, 1.54) is 0 Å². The summed E-state index contributed by atoms with van der Waals surface area (Å²) in [4.78, 5) is 29.8. The van der Waals surface area contributed by atoms with Gasteiger partial charge in [-0.25, -0.2) is 0 Å². The predicted molar refractivity (Wildman–Crippen MR) is 111 cm³/mol. The van der Waals surface area contributed by atoms with Crippen LogP contribution in [0.4, 0.5) is 11.4 Å². The molecule has 2 amide bonds. The third kappa shape index (κ3) is 3.73. The molecular weight excluding hydrogens is 350 g/mol. The number of hydrogen-bond acceptors (Lipinski definition) is 3. The first-order chi connectivity index (χ1) is 13.7. The number of benzene rings is 3. The van der Waals surface area contributed by atoms with Crippen molar-refractivity contribution in [2.75, 3.05) is 10.6 Å². The fraction of sp³-hybridized carbons (Fsp3) is 0. The van der Waals surface area contributed by atoms with Gasteiger partial charge in [-0.05, 0) is 42.5 Å². The van der Waals surface area contributed by atoms with Crippen LogP contribution in [0.3, 0.4) is 0 Å². The minimum absolute atomic E-state index is 0.280. The molecule has 0 atom stereocenters. The Kier molecular flexibility index (Phi) is 4.80. The van der Waals surface area contributed by atoms with Crippen molar-refractivity contribution in [2.45, 2.75) is 0 Å². The van der Waals surface area contributed by atoms with Crippen LogP contribution in [0, 0.1) is 0 Å². The lowest BCUT2D eigenvalue weighted by atomic mass is 10.1. The van der Waals surface area contributed by atoms with Crippen molar-refractivity contribution in [1.82, 2.24) is 4.98 Å². The molecule has 1 aromatic heterocycles. The fourth-order valence-electron chi connectivity index (χ4n) is 2.92. The van der Waals surface area contributed by atoms with E-state index in [0.29, 0.717) is 28.0 Å². The van der Waals surface area contributed by atoms with Crippen LogP contribution >= 0.6 is 0 Å². The number of aromatic nitrogens is 1. The molecule has 4 rings (SSSR count). The summed E-state index contributed by atoms with van der Waals surface area (Å²) in [6.07, 6.45) is 1.67. The number of fused-ring (bicyclic) bond motifs is 1. The van der Waals surface area contributed by atoms with Gasteiger partial charge in [0.05, 0.1) is 16.8 Å². The first-order valence-electron chi connectivity index (χ1n) is 8.82. The van der Waals surface area contributed by atoms with Gasteiger partial charge in [0.2, 0.25) is 0 Å². The zero-order valence-corrected chi connectivity index (χ0v) is 14.9. The molecular formula is C23H17N3O2. The highest BCUT2D eigenvalue weighted by molar-refractivity contribution is 6.14. The van der Waals surface area contributed by atoms with Gasteiger partial charge in [0.25, 0.3) is 11.8 Å². The van der Waals surface area contributed by atoms with Crippen LogP contribution in [0.2, 0.25) is 0 Å². The molecule has 5 heteroatoms. The number of amides is 2. The van der Waals surface area contributed by atoms with Crippen LogP contribution in [0.5, 0.6) is 0 Å². The number of hydrogen-bond donors (Lipinski definition) is 2. The molecule has 0 spiro atoms. The van der Waals surface area contributed by atoms with E-state index >= 15 is 0 Å². The van der Waals surface area contributed by atoms with Crippen molar-refractivity contribution in [3.8, 4) is 0 Å². The third-order valence-corrected chi connectivity index (χ3v) is 4.30. The van der Waals surface area contributed by atoms with E-state index in [1.54, 1.807) is 54.7 Å². The maximum absolute atomic E-state index is 12.9. The Labute approximate surface area is 162 Å². The van der Waals surface area contributed by atoms with E-state index < -0.39 is 0 Å². The van der Waals surface area contributed by atoms with Gasteiger partial charge < -0.3 is 10.6 Å². The van der Waals surface area contributed by atoms with Gasteiger partial charge >= 0.3 is 0 Å². The maximum atomic E-state index is 12.9. The third-order valence-electron chi connectivity index (χ3n) is 4.30. The van der Waals surface area contributed by atoms with Crippen molar-refractivity contribution < 1.29 is 9.59 Å². The molecule has 0 aliphatic rings. The van der Waals surface area contributed by atoms with E-state index in [4.69, 9.17) is 0 Å². The summed E-state index contributed by atoms with van der Waals surface area (Å²) in [5, 5.41) is 6.55. The van der Waals surface area contributed by atoms with Crippen LogP contribution < -0.4 is 10.6 Å². The topological polar surface area (TPSA) is 71.1 Å². The summed E-state index contributed by atoms with van der Waals surface area (Å²) in [7, 11) is 0. The summed E-state index contributed by atoms with van der Waals surface area (Å²) in [5.41, 5.74) is 2.65. The maximum Gasteiger partial charge on any atom is 0.257 e. The van der Waals surface area contributed by atoms with Crippen molar-refractivity contribution in [3.63, 3.8) is 0 Å². The van der Waals surface area contributed by atoms with E-state index in [9.17, 15) is 9.59 Å². The van der Waals surface area contributed by atoms with Crippen LogP contribution in [-0.4, -0.2) is 16.8 Å². The van der Waals surface area contributed by atoms with E-state index in [0.717, 1.165) is 5.39 Å². The van der Waals surface area contributed by atoms with Gasteiger partial charge in [0.1, 0.15) is 0 Å². The molecule has 2 N–H and O–H groups in total. The zero-order valence-electron chi connectivity index (χ0n) is 14.9. The molecule has 0 aliphatic carbocycles. The van der Waals surface area contributed by atoms with Gasteiger partial charge in [-0.15, -0.1) is 0 Å². The van der Waals surface area contributed by atoms with Gasteiger partial charge in [-0.3, -0.25) is 14.6 Å². The average molecular weight is 367 g/mol. The second-order valence-electron chi connectivity index (χ2n) is 6.23. The minimum atomic E-state index is -0.317. The Morgan fingerprint density at radius 1 is 0.714 bits per heavy atom. The molecule has 0 aliphatic heterocycles. The van der Waals surface area contributed by atoms with Crippen LogP contribution in [0.15, 0.2) is 91.1 Å². The lowest BCUT2D eigenvalue weighted by molar-refractivity contribution is 0.102. The molecule has 3 aromatic carbocycles. The largest absolute Gasteiger partial charge is 0.322 e.